The third kappa shape index (κ3) is 11.3. The molecule has 1 aromatic carbocycles. The van der Waals surface area contributed by atoms with E-state index >= 15 is 0 Å². The first-order valence-electron chi connectivity index (χ1n) is 7.76. The first kappa shape index (κ1) is 24.9. The molecule has 0 saturated carbocycles. The number of benzene rings is 1. The van der Waals surface area contributed by atoms with Gasteiger partial charge < -0.3 is 0 Å². The van der Waals surface area contributed by atoms with Crippen molar-refractivity contribution >= 4 is 27.5 Å². The molecule has 21 heavy (non-hydrogen) atoms. The van der Waals surface area contributed by atoms with E-state index in [2.05, 4.69) is 15.9 Å². The molecule has 0 heterocycles. The van der Waals surface area contributed by atoms with E-state index in [1.807, 2.05) is 78.8 Å². The Labute approximate surface area is 140 Å². The lowest BCUT2D eigenvalue weighted by Gasteiger charge is -2.16. The summed E-state index contributed by atoms with van der Waals surface area (Å²) in [5.74, 6) is 0.0136. The lowest BCUT2D eigenvalue weighted by atomic mass is 10.2. The van der Waals surface area contributed by atoms with Crippen molar-refractivity contribution in [1.29, 1.82) is 0 Å². The van der Waals surface area contributed by atoms with Gasteiger partial charge in [0.15, 0.2) is 0 Å². The fourth-order valence-corrected chi connectivity index (χ4v) is 1.64. The number of nitrogens with zero attached hydrogens (tertiary/aromatic N) is 1. The molecule has 0 fully saturated rings. The summed E-state index contributed by atoms with van der Waals surface area (Å²) in [4.78, 5) is 13.0. The lowest BCUT2D eigenvalue weighted by molar-refractivity contribution is -0.116. The monoisotopic (exact) mass is 357 g/mol. The van der Waals surface area contributed by atoms with Gasteiger partial charge in [0.2, 0.25) is 5.91 Å². The van der Waals surface area contributed by atoms with Crippen molar-refractivity contribution in [2.24, 2.45) is 0 Å². The van der Waals surface area contributed by atoms with Crippen LogP contribution in [-0.2, 0) is 10.1 Å². The van der Waals surface area contributed by atoms with E-state index in [0.29, 0.717) is 0 Å². The zero-order chi connectivity index (χ0) is 17.3. The van der Waals surface area contributed by atoms with Crippen LogP contribution in [-0.4, -0.2) is 5.91 Å². The second-order valence-electron chi connectivity index (χ2n) is 3.17. The summed E-state index contributed by atoms with van der Waals surface area (Å²) in [6.07, 6.45) is 3.62. The maximum Gasteiger partial charge on any atom is 0.227 e. The molecular formula is C18H32BrNO. The van der Waals surface area contributed by atoms with Crippen molar-refractivity contribution in [2.45, 2.75) is 60.7 Å². The van der Waals surface area contributed by atoms with E-state index in [1.165, 1.54) is 5.56 Å². The van der Waals surface area contributed by atoms with Gasteiger partial charge in [-0.05, 0) is 24.6 Å². The van der Waals surface area contributed by atoms with E-state index in [4.69, 9.17) is 0 Å². The molecule has 2 nitrogen and oxygen atoms in total. The maximum atomic E-state index is 11.4. The molecule has 1 aromatic rings. The molecule has 0 radical (unpaired) electrons. The van der Waals surface area contributed by atoms with Crippen LogP contribution in [0.4, 0.5) is 5.69 Å². The smallest absolute Gasteiger partial charge is 0.227 e. The van der Waals surface area contributed by atoms with Crippen molar-refractivity contribution in [3.05, 3.63) is 42.1 Å². The standard InChI is InChI=1S/C12H14BrNO.3C2H6/c1-3-8-14(10(2)15)12-6-4-11(9-13)5-7-12;3*1-2/h3-8H,9H2,1-2H3;3*1-2H3/b8-3-;;;. The van der Waals surface area contributed by atoms with Crippen LogP contribution in [0.5, 0.6) is 0 Å². The summed E-state index contributed by atoms with van der Waals surface area (Å²) in [6.45, 7) is 15.4. The Bertz CT molecular complexity index is 358. The van der Waals surface area contributed by atoms with Crippen molar-refractivity contribution in [2.75, 3.05) is 4.90 Å². The Morgan fingerprint density at radius 3 is 1.76 bits per heavy atom. The SMILES string of the molecule is C/C=C\N(C(C)=O)c1ccc(CBr)cc1.CC.CC.CC. The zero-order valence-corrected chi connectivity index (χ0v) is 16.5. The Hall–Kier alpha value is -1.09. The van der Waals surface area contributed by atoms with Gasteiger partial charge in [-0.25, -0.2) is 0 Å². The van der Waals surface area contributed by atoms with Crippen molar-refractivity contribution in [1.82, 2.24) is 0 Å². The third-order valence-electron chi connectivity index (χ3n) is 2.01. The zero-order valence-electron chi connectivity index (χ0n) is 14.9. The van der Waals surface area contributed by atoms with Gasteiger partial charge in [0.25, 0.3) is 0 Å². The molecule has 0 bridgehead atoms. The summed E-state index contributed by atoms with van der Waals surface area (Å²) in [5.41, 5.74) is 2.09. The summed E-state index contributed by atoms with van der Waals surface area (Å²) >= 11 is 3.38. The number of rotatable bonds is 3. The predicted molar refractivity (Wildman–Crippen MR) is 101 cm³/mol. The number of hydrogen-bond acceptors (Lipinski definition) is 1. The highest BCUT2D eigenvalue weighted by Crippen LogP contribution is 2.17. The van der Waals surface area contributed by atoms with Crippen molar-refractivity contribution < 1.29 is 4.79 Å². The molecule has 1 rings (SSSR count). The van der Waals surface area contributed by atoms with Gasteiger partial charge >= 0.3 is 0 Å². The Balaban J connectivity index is -0.000000478. The van der Waals surface area contributed by atoms with E-state index in [9.17, 15) is 4.79 Å². The summed E-state index contributed by atoms with van der Waals surface area (Å²) in [7, 11) is 0. The van der Waals surface area contributed by atoms with Crippen LogP contribution in [0.2, 0.25) is 0 Å². The van der Waals surface area contributed by atoms with Gasteiger partial charge in [-0.15, -0.1) is 0 Å². The number of carbonyl (C=O) groups is 1. The van der Waals surface area contributed by atoms with Gasteiger partial charge in [-0.2, -0.15) is 0 Å². The molecule has 0 aliphatic rings. The minimum absolute atomic E-state index is 0.0136. The average Bonchev–Trinajstić information content (AvgIpc) is 2.58. The summed E-state index contributed by atoms with van der Waals surface area (Å²) < 4.78 is 0. The van der Waals surface area contributed by atoms with Crippen LogP contribution in [0.25, 0.3) is 0 Å². The molecule has 1 amide bonds. The molecule has 3 heteroatoms. The normalized spacial score (nSPS) is 8.43. The van der Waals surface area contributed by atoms with Crippen LogP contribution in [0.15, 0.2) is 36.5 Å². The second-order valence-corrected chi connectivity index (χ2v) is 3.73. The highest BCUT2D eigenvalue weighted by molar-refractivity contribution is 9.08. The van der Waals surface area contributed by atoms with Crippen LogP contribution in [0, 0.1) is 0 Å². The van der Waals surface area contributed by atoms with Crippen LogP contribution in [0.3, 0.4) is 0 Å². The lowest BCUT2D eigenvalue weighted by Crippen LogP contribution is -2.21. The van der Waals surface area contributed by atoms with Crippen LogP contribution in [0.1, 0.15) is 61.0 Å². The fraction of sp³-hybridized carbons (Fsp3) is 0.500. The highest BCUT2D eigenvalue weighted by Gasteiger charge is 2.06. The average molecular weight is 358 g/mol. The van der Waals surface area contributed by atoms with Crippen LogP contribution >= 0.6 is 15.9 Å². The van der Waals surface area contributed by atoms with Gasteiger partial charge in [-0.3, -0.25) is 9.69 Å². The topological polar surface area (TPSA) is 20.3 Å². The first-order chi connectivity index (χ1) is 10.2. The predicted octanol–water partition coefficient (Wildman–Crippen LogP) is 6.55. The largest absolute Gasteiger partial charge is 0.288 e. The molecule has 0 unspecified atom stereocenters. The molecular weight excluding hydrogens is 326 g/mol. The van der Waals surface area contributed by atoms with Gasteiger partial charge in [0, 0.05) is 24.1 Å². The minimum atomic E-state index is 0.0136. The van der Waals surface area contributed by atoms with Gasteiger partial charge in [0.05, 0.1) is 0 Å². The number of carbonyl (C=O) groups excluding carboxylic acids is 1. The number of allylic oxidation sites excluding steroid dienone is 1. The molecule has 0 spiro atoms. The number of anilines is 1. The quantitative estimate of drug-likeness (QED) is 0.561. The number of hydrogen-bond donors (Lipinski definition) is 0. The van der Waals surface area contributed by atoms with E-state index in [-0.39, 0.29) is 5.91 Å². The van der Waals surface area contributed by atoms with Crippen molar-refractivity contribution in [3.8, 4) is 0 Å². The van der Waals surface area contributed by atoms with Gasteiger partial charge in [-0.1, -0.05) is 75.7 Å². The van der Waals surface area contributed by atoms with Gasteiger partial charge in [0.1, 0.15) is 0 Å². The minimum Gasteiger partial charge on any atom is -0.288 e. The molecule has 0 aromatic heterocycles. The third-order valence-corrected chi connectivity index (χ3v) is 2.65. The Morgan fingerprint density at radius 2 is 1.48 bits per heavy atom. The number of alkyl halides is 1. The Kier molecular flexibility index (Phi) is 22.4. The number of halogens is 1. The molecule has 0 aliphatic carbocycles. The first-order valence-corrected chi connectivity index (χ1v) is 8.88. The van der Waals surface area contributed by atoms with E-state index < -0.39 is 0 Å². The number of amides is 1. The molecule has 0 saturated heterocycles. The summed E-state index contributed by atoms with van der Waals surface area (Å²) in [6, 6.07) is 7.89. The van der Waals surface area contributed by atoms with Crippen molar-refractivity contribution in [3.63, 3.8) is 0 Å². The Morgan fingerprint density at radius 1 is 1.05 bits per heavy atom. The van der Waals surface area contributed by atoms with E-state index in [1.54, 1.807) is 18.0 Å². The molecule has 0 N–H and O–H groups in total. The van der Waals surface area contributed by atoms with E-state index in [0.717, 1.165) is 11.0 Å². The molecule has 0 atom stereocenters. The molecule has 0 aliphatic heterocycles. The fourth-order valence-electron chi connectivity index (χ4n) is 1.27. The second kappa shape index (κ2) is 18.9. The highest BCUT2D eigenvalue weighted by atomic mass is 79.9. The summed E-state index contributed by atoms with van der Waals surface area (Å²) in [5, 5.41) is 0.830. The van der Waals surface area contributed by atoms with Crippen LogP contribution < -0.4 is 4.90 Å². The maximum absolute atomic E-state index is 11.4. The molecule has 122 valence electrons.